The molecule has 2 aromatic rings. The molecule has 1 aromatic heterocycles. The smallest absolute Gasteiger partial charge is 0.151 e. The topological polar surface area (TPSA) is 50.9 Å². The molecular weight excluding hydrogens is 260 g/mol. The van der Waals surface area contributed by atoms with Crippen LogP contribution in [0, 0.1) is 11.6 Å². The summed E-state index contributed by atoms with van der Waals surface area (Å²) < 4.78 is 26.1. The van der Waals surface area contributed by atoms with Crippen LogP contribution in [-0.4, -0.2) is 4.98 Å². The fraction of sp³-hybridized carbons (Fsp3) is 0.0833. The van der Waals surface area contributed by atoms with Gasteiger partial charge in [-0.25, -0.2) is 13.8 Å². The van der Waals surface area contributed by atoms with Gasteiger partial charge in [0.1, 0.15) is 16.8 Å². The van der Waals surface area contributed by atoms with Gasteiger partial charge in [0.05, 0.1) is 5.69 Å². The zero-order valence-corrected chi connectivity index (χ0v) is 10.0. The van der Waals surface area contributed by atoms with Crippen LogP contribution in [0.25, 0.3) is 0 Å². The van der Waals surface area contributed by atoms with E-state index in [-0.39, 0.29) is 11.7 Å². The standard InChI is InChI=1S/C12H10ClF2N3/c13-11-4-3-10(16)12(18-11)17-6-7-1-2-8(14)5-9(7)15/h1-5H,6,16H2,(H,17,18). The lowest BCUT2D eigenvalue weighted by Crippen LogP contribution is -2.06. The minimum Gasteiger partial charge on any atom is -0.396 e. The maximum atomic E-state index is 13.4. The van der Waals surface area contributed by atoms with Crippen LogP contribution in [0.5, 0.6) is 0 Å². The van der Waals surface area contributed by atoms with Gasteiger partial charge in [-0.15, -0.1) is 0 Å². The van der Waals surface area contributed by atoms with Crippen molar-refractivity contribution in [1.29, 1.82) is 0 Å². The molecule has 94 valence electrons. The number of anilines is 2. The summed E-state index contributed by atoms with van der Waals surface area (Å²) in [5, 5.41) is 3.13. The van der Waals surface area contributed by atoms with E-state index in [0.717, 1.165) is 6.07 Å². The van der Waals surface area contributed by atoms with Crippen LogP contribution < -0.4 is 11.1 Å². The van der Waals surface area contributed by atoms with Gasteiger partial charge in [-0.1, -0.05) is 17.7 Å². The van der Waals surface area contributed by atoms with Crippen molar-refractivity contribution >= 4 is 23.1 Å². The van der Waals surface area contributed by atoms with Crippen LogP contribution in [0.1, 0.15) is 5.56 Å². The van der Waals surface area contributed by atoms with Crippen LogP contribution in [0.4, 0.5) is 20.3 Å². The Morgan fingerprint density at radius 1 is 1.22 bits per heavy atom. The molecule has 18 heavy (non-hydrogen) atoms. The second-order valence-corrected chi connectivity index (χ2v) is 4.05. The van der Waals surface area contributed by atoms with Gasteiger partial charge in [-0.2, -0.15) is 0 Å². The Morgan fingerprint density at radius 2 is 2.00 bits per heavy atom. The predicted molar refractivity (Wildman–Crippen MR) is 67.3 cm³/mol. The molecule has 0 aliphatic rings. The summed E-state index contributed by atoms with van der Waals surface area (Å²) in [7, 11) is 0. The molecule has 0 spiro atoms. The number of hydrogen-bond acceptors (Lipinski definition) is 3. The average molecular weight is 270 g/mol. The summed E-state index contributed by atoms with van der Waals surface area (Å²) >= 11 is 5.72. The van der Waals surface area contributed by atoms with Gasteiger partial charge >= 0.3 is 0 Å². The van der Waals surface area contributed by atoms with Gasteiger partial charge in [0, 0.05) is 18.2 Å². The summed E-state index contributed by atoms with van der Waals surface area (Å²) in [6.45, 7) is 0.143. The molecule has 2 rings (SSSR count). The van der Waals surface area contributed by atoms with Crippen LogP contribution in [0.3, 0.4) is 0 Å². The van der Waals surface area contributed by atoms with Gasteiger partial charge in [0.25, 0.3) is 0 Å². The monoisotopic (exact) mass is 269 g/mol. The molecule has 0 fully saturated rings. The predicted octanol–water partition coefficient (Wildman–Crippen LogP) is 3.21. The number of aromatic nitrogens is 1. The maximum Gasteiger partial charge on any atom is 0.151 e. The Balaban J connectivity index is 2.13. The quantitative estimate of drug-likeness (QED) is 0.841. The molecule has 6 heteroatoms. The summed E-state index contributed by atoms with van der Waals surface area (Å²) in [6.07, 6.45) is 0. The van der Waals surface area contributed by atoms with Gasteiger partial charge in [0.15, 0.2) is 5.82 Å². The Morgan fingerprint density at radius 3 is 2.72 bits per heavy atom. The minimum absolute atomic E-state index is 0.143. The van der Waals surface area contributed by atoms with E-state index >= 15 is 0 Å². The van der Waals surface area contributed by atoms with Crippen LogP contribution in [-0.2, 0) is 6.54 Å². The lowest BCUT2D eigenvalue weighted by molar-refractivity contribution is 0.574. The molecule has 0 atom stereocenters. The first-order valence-electron chi connectivity index (χ1n) is 5.16. The highest BCUT2D eigenvalue weighted by molar-refractivity contribution is 6.29. The molecule has 1 heterocycles. The largest absolute Gasteiger partial charge is 0.396 e. The fourth-order valence-electron chi connectivity index (χ4n) is 1.43. The molecule has 0 saturated heterocycles. The zero-order valence-electron chi connectivity index (χ0n) is 9.25. The third-order valence-corrected chi connectivity index (χ3v) is 2.56. The molecule has 0 aliphatic heterocycles. The number of nitrogen functional groups attached to an aromatic ring is 1. The lowest BCUT2D eigenvalue weighted by Gasteiger charge is -2.09. The van der Waals surface area contributed by atoms with Crippen molar-refractivity contribution in [3.63, 3.8) is 0 Å². The van der Waals surface area contributed by atoms with E-state index in [1.807, 2.05) is 0 Å². The van der Waals surface area contributed by atoms with Crippen molar-refractivity contribution in [3.05, 3.63) is 52.7 Å². The number of benzene rings is 1. The molecule has 0 aliphatic carbocycles. The normalized spacial score (nSPS) is 10.4. The van der Waals surface area contributed by atoms with Gasteiger partial charge < -0.3 is 11.1 Å². The number of nitrogens with zero attached hydrogens (tertiary/aromatic N) is 1. The van der Waals surface area contributed by atoms with Crippen LogP contribution >= 0.6 is 11.6 Å². The SMILES string of the molecule is Nc1ccc(Cl)nc1NCc1ccc(F)cc1F. The van der Waals surface area contributed by atoms with E-state index in [4.69, 9.17) is 17.3 Å². The number of nitrogens with one attached hydrogen (secondary N) is 1. The van der Waals surface area contributed by atoms with Crippen molar-refractivity contribution in [2.45, 2.75) is 6.54 Å². The van der Waals surface area contributed by atoms with E-state index in [9.17, 15) is 8.78 Å². The highest BCUT2D eigenvalue weighted by Crippen LogP contribution is 2.19. The van der Waals surface area contributed by atoms with Gasteiger partial charge in [-0.05, 0) is 18.2 Å². The van der Waals surface area contributed by atoms with E-state index in [1.54, 1.807) is 12.1 Å². The number of pyridine rings is 1. The van der Waals surface area contributed by atoms with Crippen molar-refractivity contribution in [2.75, 3.05) is 11.1 Å². The molecule has 0 radical (unpaired) electrons. The second-order valence-electron chi connectivity index (χ2n) is 3.66. The molecule has 0 saturated carbocycles. The van der Waals surface area contributed by atoms with Crippen molar-refractivity contribution in [3.8, 4) is 0 Å². The van der Waals surface area contributed by atoms with E-state index < -0.39 is 11.6 Å². The molecule has 3 N–H and O–H groups in total. The average Bonchev–Trinajstić information content (AvgIpc) is 2.32. The minimum atomic E-state index is -0.622. The van der Waals surface area contributed by atoms with Crippen LogP contribution in [0.2, 0.25) is 5.15 Å². The zero-order chi connectivity index (χ0) is 13.1. The van der Waals surface area contributed by atoms with Crippen LogP contribution in [0.15, 0.2) is 30.3 Å². The Hall–Kier alpha value is -1.88. The molecular formula is C12H10ClF2N3. The maximum absolute atomic E-state index is 13.4. The third kappa shape index (κ3) is 2.87. The Bertz CT molecular complexity index is 575. The molecule has 1 aromatic carbocycles. The van der Waals surface area contributed by atoms with E-state index in [2.05, 4.69) is 10.3 Å². The van der Waals surface area contributed by atoms with Crippen molar-refractivity contribution < 1.29 is 8.78 Å². The molecule has 0 unspecified atom stereocenters. The van der Waals surface area contributed by atoms with E-state index in [1.165, 1.54) is 12.1 Å². The molecule has 3 nitrogen and oxygen atoms in total. The summed E-state index contributed by atoms with van der Waals surface area (Å²) in [5.74, 6) is -0.869. The fourth-order valence-corrected chi connectivity index (χ4v) is 1.58. The number of hydrogen-bond donors (Lipinski definition) is 2. The van der Waals surface area contributed by atoms with E-state index in [0.29, 0.717) is 17.1 Å². The number of halogens is 3. The first-order valence-corrected chi connectivity index (χ1v) is 5.54. The first kappa shape index (κ1) is 12.6. The third-order valence-electron chi connectivity index (χ3n) is 2.35. The molecule has 0 amide bonds. The van der Waals surface area contributed by atoms with Crippen molar-refractivity contribution in [1.82, 2.24) is 4.98 Å². The summed E-state index contributed by atoms with van der Waals surface area (Å²) in [5.41, 5.74) is 6.40. The second kappa shape index (κ2) is 5.18. The highest BCUT2D eigenvalue weighted by atomic mass is 35.5. The highest BCUT2D eigenvalue weighted by Gasteiger charge is 2.06. The van der Waals surface area contributed by atoms with Crippen molar-refractivity contribution in [2.24, 2.45) is 0 Å². The first-order chi connectivity index (χ1) is 8.56. The van der Waals surface area contributed by atoms with Gasteiger partial charge in [0.2, 0.25) is 0 Å². The number of nitrogens with two attached hydrogens (primary N) is 1. The lowest BCUT2D eigenvalue weighted by atomic mass is 10.2. The van der Waals surface area contributed by atoms with Gasteiger partial charge in [-0.3, -0.25) is 0 Å². The Kier molecular flexibility index (Phi) is 3.62. The summed E-state index contributed by atoms with van der Waals surface area (Å²) in [4.78, 5) is 3.97. The Labute approximate surface area is 108 Å². The molecule has 0 bridgehead atoms. The number of rotatable bonds is 3. The summed E-state index contributed by atoms with van der Waals surface area (Å²) in [6, 6.07) is 6.53.